The van der Waals surface area contributed by atoms with Gasteiger partial charge in [0.2, 0.25) is 5.91 Å². The number of aromatic nitrogens is 1. The number of nitrogens with one attached hydrogen (secondary N) is 2. The van der Waals surface area contributed by atoms with E-state index in [1.54, 1.807) is 0 Å². The van der Waals surface area contributed by atoms with Gasteiger partial charge in [-0.05, 0) is 30.3 Å². The Labute approximate surface area is 163 Å². The van der Waals surface area contributed by atoms with E-state index in [-0.39, 0.29) is 48.5 Å². The molecule has 0 saturated carbocycles. The lowest BCUT2D eigenvalue weighted by molar-refractivity contribution is -0.137. The number of benzene rings is 1. The standard InChI is InChI=1S/C18H16ClF4N3O2/c19-14-9-12(18(21,22)23)10-26-17(14)25-8-7-24-16(28)6-5-15(27)11-1-3-13(20)4-2-11/h1-4,9-10H,5-8H2,(H,24,28)(H,25,26). The van der Waals surface area contributed by atoms with Gasteiger partial charge < -0.3 is 10.6 Å². The van der Waals surface area contributed by atoms with Crippen LogP contribution in [-0.2, 0) is 11.0 Å². The summed E-state index contributed by atoms with van der Waals surface area (Å²) in [5.74, 6) is -1.04. The van der Waals surface area contributed by atoms with Gasteiger partial charge in [-0.1, -0.05) is 11.6 Å². The first-order valence-corrected chi connectivity index (χ1v) is 8.56. The summed E-state index contributed by atoms with van der Waals surface area (Å²) in [5.41, 5.74) is -0.638. The summed E-state index contributed by atoms with van der Waals surface area (Å²) in [5, 5.41) is 5.09. The molecule has 0 atom stereocenters. The number of hydrogen-bond donors (Lipinski definition) is 2. The maximum absolute atomic E-state index is 12.8. The van der Waals surface area contributed by atoms with Crippen molar-refractivity contribution in [2.45, 2.75) is 19.0 Å². The fourth-order valence-corrected chi connectivity index (χ4v) is 2.43. The van der Waals surface area contributed by atoms with Gasteiger partial charge in [0.1, 0.15) is 11.6 Å². The largest absolute Gasteiger partial charge is 0.417 e. The minimum absolute atomic E-state index is 0.0306. The summed E-state index contributed by atoms with van der Waals surface area (Å²) in [7, 11) is 0. The van der Waals surface area contributed by atoms with E-state index in [0.29, 0.717) is 11.8 Å². The number of ketones is 1. The normalized spacial score (nSPS) is 11.2. The zero-order chi connectivity index (χ0) is 20.7. The SMILES string of the molecule is O=C(CCC(=O)c1ccc(F)cc1)NCCNc1ncc(C(F)(F)F)cc1Cl. The van der Waals surface area contributed by atoms with E-state index in [2.05, 4.69) is 15.6 Å². The first kappa shape index (κ1) is 21.6. The highest BCUT2D eigenvalue weighted by Gasteiger charge is 2.31. The minimum Gasteiger partial charge on any atom is -0.367 e. The zero-order valence-corrected chi connectivity index (χ0v) is 15.2. The lowest BCUT2D eigenvalue weighted by Gasteiger charge is -2.11. The molecule has 2 rings (SSSR count). The second-order valence-electron chi connectivity index (χ2n) is 5.76. The van der Waals surface area contributed by atoms with E-state index in [1.807, 2.05) is 0 Å². The average Bonchev–Trinajstić information content (AvgIpc) is 2.64. The molecule has 0 spiro atoms. The molecule has 2 aromatic rings. The van der Waals surface area contributed by atoms with Crippen molar-refractivity contribution < 1.29 is 27.2 Å². The van der Waals surface area contributed by atoms with Crippen LogP contribution >= 0.6 is 11.6 Å². The third-order valence-corrected chi connectivity index (χ3v) is 3.94. The van der Waals surface area contributed by atoms with Gasteiger partial charge in [-0.2, -0.15) is 13.2 Å². The average molecular weight is 418 g/mol. The number of pyridine rings is 1. The molecule has 0 unspecified atom stereocenters. The van der Waals surface area contributed by atoms with Gasteiger partial charge in [-0.25, -0.2) is 9.37 Å². The van der Waals surface area contributed by atoms with Crippen molar-refractivity contribution in [3.8, 4) is 0 Å². The van der Waals surface area contributed by atoms with Crippen LogP contribution in [0.2, 0.25) is 5.02 Å². The molecule has 1 amide bonds. The summed E-state index contributed by atoms with van der Waals surface area (Å²) >= 11 is 5.76. The molecule has 28 heavy (non-hydrogen) atoms. The predicted octanol–water partition coefficient (Wildman–Crippen LogP) is 4.08. The first-order valence-electron chi connectivity index (χ1n) is 8.19. The van der Waals surface area contributed by atoms with E-state index >= 15 is 0 Å². The number of carbonyl (C=O) groups excluding carboxylic acids is 2. The molecule has 2 N–H and O–H groups in total. The fourth-order valence-electron chi connectivity index (χ4n) is 2.20. The number of carbonyl (C=O) groups is 2. The molecule has 0 bridgehead atoms. The van der Waals surface area contributed by atoms with Crippen molar-refractivity contribution in [1.82, 2.24) is 10.3 Å². The van der Waals surface area contributed by atoms with E-state index in [1.165, 1.54) is 24.3 Å². The number of Topliss-reactive ketones (excluding diaryl/α,β-unsaturated/α-hetero) is 1. The Balaban J connectivity index is 1.71. The number of hydrogen-bond acceptors (Lipinski definition) is 4. The van der Waals surface area contributed by atoms with Crippen molar-refractivity contribution in [3.05, 3.63) is 58.5 Å². The molecule has 0 saturated heterocycles. The molecular weight excluding hydrogens is 402 g/mol. The van der Waals surface area contributed by atoms with E-state index in [4.69, 9.17) is 11.6 Å². The van der Waals surface area contributed by atoms with E-state index < -0.39 is 17.6 Å². The maximum atomic E-state index is 12.8. The van der Waals surface area contributed by atoms with Crippen LogP contribution in [-0.4, -0.2) is 29.8 Å². The highest BCUT2D eigenvalue weighted by Crippen LogP contribution is 2.32. The fraction of sp³-hybridized carbons (Fsp3) is 0.278. The van der Waals surface area contributed by atoms with Crippen LogP contribution in [0.5, 0.6) is 0 Å². The number of alkyl halides is 3. The van der Waals surface area contributed by atoms with Crippen LogP contribution in [0, 0.1) is 5.82 Å². The Morgan fingerprint density at radius 3 is 2.36 bits per heavy atom. The Kier molecular flexibility index (Phi) is 7.33. The number of anilines is 1. The summed E-state index contributed by atoms with van der Waals surface area (Å²) in [6.45, 7) is 0.332. The second kappa shape index (κ2) is 9.50. The van der Waals surface area contributed by atoms with Crippen LogP contribution in [0.25, 0.3) is 0 Å². The molecule has 10 heteroatoms. The monoisotopic (exact) mass is 417 g/mol. The Bertz CT molecular complexity index is 842. The first-order chi connectivity index (χ1) is 13.2. The summed E-state index contributed by atoms with van der Waals surface area (Å²) in [4.78, 5) is 27.3. The highest BCUT2D eigenvalue weighted by molar-refractivity contribution is 6.32. The second-order valence-corrected chi connectivity index (χ2v) is 6.17. The molecule has 0 aliphatic heterocycles. The highest BCUT2D eigenvalue weighted by atomic mass is 35.5. The van der Waals surface area contributed by atoms with Gasteiger partial charge in [-0.3, -0.25) is 9.59 Å². The minimum atomic E-state index is -4.53. The van der Waals surface area contributed by atoms with Crippen molar-refractivity contribution in [2.24, 2.45) is 0 Å². The molecule has 0 fully saturated rings. The molecule has 1 aromatic heterocycles. The molecule has 0 aliphatic rings. The van der Waals surface area contributed by atoms with Crippen LogP contribution in [0.1, 0.15) is 28.8 Å². The third kappa shape index (κ3) is 6.49. The Morgan fingerprint density at radius 2 is 1.75 bits per heavy atom. The topological polar surface area (TPSA) is 71.1 Å². The van der Waals surface area contributed by atoms with Crippen LogP contribution in [0.15, 0.2) is 36.5 Å². The van der Waals surface area contributed by atoms with E-state index in [9.17, 15) is 27.2 Å². The molecule has 1 heterocycles. The number of nitrogens with zero attached hydrogens (tertiary/aromatic N) is 1. The van der Waals surface area contributed by atoms with E-state index in [0.717, 1.165) is 6.07 Å². The lowest BCUT2D eigenvalue weighted by Crippen LogP contribution is -2.29. The van der Waals surface area contributed by atoms with Gasteiger partial charge in [0.25, 0.3) is 0 Å². The van der Waals surface area contributed by atoms with Crippen molar-refractivity contribution in [1.29, 1.82) is 0 Å². The number of rotatable bonds is 8. The van der Waals surface area contributed by atoms with Crippen LogP contribution in [0.3, 0.4) is 0 Å². The van der Waals surface area contributed by atoms with Crippen molar-refractivity contribution in [2.75, 3.05) is 18.4 Å². The number of amides is 1. The van der Waals surface area contributed by atoms with Crippen LogP contribution < -0.4 is 10.6 Å². The van der Waals surface area contributed by atoms with Gasteiger partial charge in [0, 0.05) is 37.7 Å². The zero-order valence-electron chi connectivity index (χ0n) is 14.4. The molecule has 0 radical (unpaired) electrons. The molecule has 1 aromatic carbocycles. The number of halogens is 5. The molecular formula is C18H16ClF4N3O2. The van der Waals surface area contributed by atoms with Gasteiger partial charge in [-0.15, -0.1) is 0 Å². The lowest BCUT2D eigenvalue weighted by atomic mass is 10.1. The van der Waals surface area contributed by atoms with Crippen molar-refractivity contribution >= 4 is 29.1 Å². The quantitative estimate of drug-likeness (QED) is 0.385. The molecule has 150 valence electrons. The molecule has 0 aliphatic carbocycles. The summed E-state index contributed by atoms with van der Waals surface area (Å²) in [6, 6.07) is 5.79. The van der Waals surface area contributed by atoms with Crippen LogP contribution in [0.4, 0.5) is 23.4 Å². The molecule has 5 nitrogen and oxygen atoms in total. The predicted molar refractivity (Wildman–Crippen MR) is 95.7 cm³/mol. The summed E-state index contributed by atoms with van der Waals surface area (Å²) < 4.78 is 50.4. The third-order valence-electron chi connectivity index (χ3n) is 3.65. The smallest absolute Gasteiger partial charge is 0.367 e. The van der Waals surface area contributed by atoms with Gasteiger partial charge in [0.15, 0.2) is 5.78 Å². The Hall–Kier alpha value is -2.68. The van der Waals surface area contributed by atoms with Crippen molar-refractivity contribution in [3.63, 3.8) is 0 Å². The Morgan fingerprint density at radius 1 is 1.07 bits per heavy atom. The van der Waals surface area contributed by atoms with Gasteiger partial charge in [0.05, 0.1) is 10.6 Å². The maximum Gasteiger partial charge on any atom is 0.417 e. The summed E-state index contributed by atoms with van der Waals surface area (Å²) in [6.07, 6.45) is -3.95. The van der Waals surface area contributed by atoms with Gasteiger partial charge >= 0.3 is 6.18 Å².